The summed E-state index contributed by atoms with van der Waals surface area (Å²) in [5.74, 6) is -0.494. The van der Waals surface area contributed by atoms with Gasteiger partial charge in [-0.15, -0.1) is 10.1 Å². The third-order valence-corrected chi connectivity index (χ3v) is 2.99. The van der Waals surface area contributed by atoms with Crippen molar-refractivity contribution in [2.24, 2.45) is 0 Å². The fourth-order valence-corrected chi connectivity index (χ4v) is 2.13. The van der Waals surface area contributed by atoms with Gasteiger partial charge in [0.05, 0.1) is 19.8 Å². The highest BCUT2D eigenvalue weighted by atomic mass is 16.9. The van der Waals surface area contributed by atoms with Crippen molar-refractivity contribution in [2.75, 3.05) is 19.8 Å². The summed E-state index contributed by atoms with van der Waals surface area (Å²) in [6.45, 7) is 0.203. The maximum atomic E-state index is 11.5. The molecule has 0 bridgehead atoms. The molecular weight excluding hydrogens is 262 g/mol. The monoisotopic (exact) mass is 277 g/mol. The highest BCUT2D eigenvalue weighted by molar-refractivity contribution is 5.69. The zero-order valence-corrected chi connectivity index (χ0v) is 10.1. The van der Waals surface area contributed by atoms with Crippen LogP contribution in [0, 0.1) is 10.1 Å². The Bertz CT molecular complexity index is 348. The van der Waals surface area contributed by atoms with Crippen molar-refractivity contribution in [1.29, 1.82) is 0 Å². The number of ether oxygens (including phenoxy) is 3. The van der Waals surface area contributed by atoms with E-state index in [9.17, 15) is 20.0 Å². The van der Waals surface area contributed by atoms with Crippen molar-refractivity contribution in [3.8, 4) is 0 Å². The van der Waals surface area contributed by atoms with Crippen LogP contribution in [-0.4, -0.2) is 60.4 Å². The van der Waals surface area contributed by atoms with Gasteiger partial charge in [0.1, 0.15) is 18.3 Å². The summed E-state index contributed by atoms with van der Waals surface area (Å²) in [6.07, 6.45) is -1.90. The van der Waals surface area contributed by atoms with Crippen LogP contribution in [0.25, 0.3) is 0 Å². The third-order valence-electron chi connectivity index (χ3n) is 2.99. The van der Waals surface area contributed by atoms with E-state index in [2.05, 4.69) is 4.84 Å². The minimum Gasteiger partial charge on any atom is -0.457 e. The van der Waals surface area contributed by atoms with E-state index >= 15 is 0 Å². The first-order valence-electron chi connectivity index (χ1n) is 5.96. The van der Waals surface area contributed by atoms with E-state index < -0.39 is 35.5 Å². The number of aliphatic hydroxyl groups excluding tert-OH is 1. The summed E-state index contributed by atoms with van der Waals surface area (Å²) >= 11 is 0. The van der Waals surface area contributed by atoms with Crippen LogP contribution in [0.5, 0.6) is 0 Å². The van der Waals surface area contributed by atoms with E-state index in [1.54, 1.807) is 0 Å². The van der Waals surface area contributed by atoms with Crippen molar-refractivity contribution in [2.45, 2.75) is 37.3 Å². The summed E-state index contributed by atoms with van der Waals surface area (Å²) in [6, 6.07) is 0. The number of fused-ring (bicyclic) bond motifs is 1. The molecule has 4 unspecified atom stereocenters. The van der Waals surface area contributed by atoms with E-state index in [-0.39, 0.29) is 32.7 Å². The van der Waals surface area contributed by atoms with Crippen LogP contribution in [0.3, 0.4) is 0 Å². The fourth-order valence-electron chi connectivity index (χ4n) is 2.13. The average Bonchev–Trinajstić information content (AvgIpc) is 2.90. The first-order valence-corrected chi connectivity index (χ1v) is 5.96. The minimum atomic E-state index is -0.908. The zero-order valence-electron chi connectivity index (χ0n) is 10.1. The second-order valence-electron chi connectivity index (χ2n) is 4.35. The number of hydrogen-bond acceptors (Lipinski definition) is 8. The smallest absolute Gasteiger partial charge is 0.306 e. The Morgan fingerprint density at radius 3 is 2.84 bits per heavy atom. The van der Waals surface area contributed by atoms with Gasteiger partial charge in [0.15, 0.2) is 6.10 Å². The number of carbonyl (C=O) groups is 1. The summed E-state index contributed by atoms with van der Waals surface area (Å²) in [5.41, 5.74) is 0. The number of esters is 1. The van der Waals surface area contributed by atoms with Gasteiger partial charge in [-0.2, -0.15) is 0 Å². The minimum absolute atomic E-state index is 0.0181. The molecule has 0 amide bonds. The molecule has 108 valence electrons. The van der Waals surface area contributed by atoms with E-state index in [1.807, 2.05) is 0 Å². The summed E-state index contributed by atoms with van der Waals surface area (Å²) in [5, 5.41) is 18.5. The van der Waals surface area contributed by atoms with Crippen molar-refractivity contribution in [3.63, 3.8) is 0 Å². The number of carbonyl (C=O) groups excluding carboxylic acids is 1. The van der Waals surface area contributed by atoms with Crippen LogP contribution >= 0.6 is 0 Å². The molecule has 4 atom stereocenters. The third kappa shape index (κ3) is 3.52. The van der Waals surface area contributed by atoms with Crippen molar-refractivity contribution in [3.05, 3.63) is 10.1 Å². The van der Waals surface area contributed by atoms with Crippen LogP contribution in [0.4, 0.5) is 0 Å². The van der Waals surface area contributed by atoms with E-state index in [1.165, 1.54) is 0 Å². The Morgan fingerprint density at radius 1 is 1.37 bits per heavy atom. The van der Waals surface area contributed by atoms with Gasteiger partial charge in [0.25, 0.3) is 5.09 Å². The molecule has 0 aromatic heterocycles. The highest BCUT2D eigenvalue weighted by Crippen LogP contribution is 2.28. The van der Waals surface area contributed by atoms with E-state index in [0.29, 0.717) is 0 Å². The van der Waals surface area contributed by atoms with Gasteiger partial charge < -0.3 is 24.2 Å². The molecule has 0 aromatic carbocycles. The predicted molar refractivity (Wildman–Crippen MR) is 57.5 cm³/mol. The lowest BCUT2D eigenvalue weighted by molar-refractivity contribution is -0.757. The molecule has 0 radical (unpaired) electrons. The highest BCUT2D eigenvalue weighted by Gasteiger charge is 2.48. The molecular formula is C10H15NO8. The Labute approximate surface area is 108 Å². The van der Waals surface area contributed by atoms with Crippen molar-refractivity contribution < 1.29 is 34.0 Å². The van der Waals surface area contributed by atoms with Crippen LogP contribution in [0.1, 0.15) is 12.8 Å². The molecule has 2 saturated heterocycles. The second kappa shape index (κ2) is 6.13. The first kappa shape index (κ1) is 14.0. The molecule has 19 heavy (non-hydrogen) atoms. The van der Waals surface area contributed by atoms with Gasteiger partial charge >= 0.3 is 5.97 Å². The summed E-state index contributed by atoms with van der Waals surface area (Å²) < 4.78 is 15.7. The normalized spacial score (nSPS) is 32.9. The Hall–Kier alpha value is -1.45. The van der Waals surface area contributed by atoms with Crippen LogP contribution in [0.15, 0.2) is 0 Å². The number of hydrogen-bond donors (Lipinski definition) is 1. The van der Waals surface area contributed by atoms with Gasteiger partial charge in [-0.1, -0.05) is 0 Å². The maximum Gasteiger partial charge on any atom is 0.306 e. The molecule has 0 aliphatic carbocycles. The molecule has 0 aromatic rings. The fraction of sp³-hybridized carbons (Fsp3) is 0.900. The van der Waals surface area contributed by atoms with Crippen LogP contribution < -0.4 is 0 Å². The van der Waals surface area contributed by atoms with E-state index in [0.717, 1.165) is 0 Å². The van der Waals surface area contributed by atoms with Crippen LogP contribution in [-0.2, 0) is 23.8 Å². The summed E-state index contributed by atoms with van der Waals surface area (Å²) in [7, 11) is 0. The zero-order chi connectivity index (χ0) is 13.8. The molecule has 0 saturated carbocycles. The SMILES string of the molecule is O=C(CCCO[N+](=O)[O-])OC1COC2C(O)COC12. The van der Waals surface area contributed by atoms with Gasteiger partial charge in [-0.3, -0.25) is 4.79 Å². The van der Waals surface area contributed by atoms with Crippen LogP contribution in [0.2, 0.25) is 0 Å². The molecule has 2 heterocycles. The number of rotatable bonds is 6. The predicted octanol–water partition coefficient (Wildman–Crippen LogP) is -0.955. The lowest BCUT2D eigenvalue weighted by Crippen LogP contribution is -2.34. The van der Waals surface area contributed by atoms with E-state index in [4.69, 9.17) is 14.2 Å². The van der Waals surface area contributed by atoms with Crippen molar-refractivity contribution in [1.82, 2.24) is 0 Å². The quantitative estimate of drug-likeness (QED) is 0.285. The van der Waals surface area contributed by atoms with Gasteiger partial charge in [0, 0.05) is 6.42 Å². The van der Waals surface area contributed by atoms with Crippen molar-refractivity contribution >= 4 is 5.97 Å². The molecule has 2 aliphatic heterocycles. The lowest BCUT2D eigenvalue weighted by atomic mass is 10.1. The topological polar surface area (TPSA) is 117 Å². The molecule has 9 nitrogen and oxygen atoms in total. The van der Waals surface area contributed by atoms with Gasteiger partial charge in [-0.25, -0.2) is 0 Å². The van der Waals surface area contributed by atoms with Gasteiger partial charge in [-0.05, 0) is 6.42 Å². The molecule has 1 N–H and O–H groups in total. The largest absolute Gasteiger partial charge is 0.457 e. The standard InChI is InChI=1S/C10H15NO8/c12-6-4-16-10-7(5-17-9(6)10)19-8(13)2-1-3-18-11(14)15/h6-7,9-10,12H,1-5H2. The van der Waals surface area contributed by atoms with Gasteiger partial charge in [0.2, 0.25) is 0 Å². The second-order valence-corrected chi connectivity index (χ2v) is 4.35. The molecule has 0 spiro atoms. The summed E-state index contributed by atoms with van der Waals surface area (Å²) in [4.78, 5) is 25.5. The first-order chi connectivity index (χ1) is 9.08. The molecule has 2 aliphatic rings. The maximum absolute atomic E-state index is 11.5. The Morgan fingerprint density at radius 2 is 2.11 bits per heavy atom. The number of aliphatic hydroxyl groups is 1. The lowest BCUT2D eigenvalue weighted by Gasteiger charge is -2.16. The average molecular weight is 277 g/mol. The number of nitrogens with zero attached hydrogens (tertiary/aromatic N) is 1. The molecule has 2 fully saturated rings. The molecule has 2 rings (SSSR count). The Kier molecular flexibility index (Phi) is 4.51. The molecule has 9 heteroatoms. The Balaban J connectivity index is 1.67.